The molecule has 0 fully saturated rings. The predicted molar refractivity (Wildman–Crippen MR) is 90.5 cm³/mol. The Hall–Kier alpha value is -2.32. The lowest BCUT2D eigenvalue weighted by Crippen LogP contribution is -2.18. The van der Waals surface area contributed by atoms with E-state index in [0.717, 1.165) is 23.4 Å². The fraction of sp³-hybridized carbons (Fsp3) is 0.333. The molecule has 0 saturated carbocycles. The van der Waals surface area contributed by atoms with E-state index in [1.165, 1.54) is 6.07 Å². The van der Waals surface area contributed by atoms with Crippen molar-refractivity contribution in [3.63, 3.8) is 0 Å². The topological polar surface area (TPSA) is 53.5 Å². The third kappa shape index (κ3) is 5.34. The van der Waals surface area contributed by atoms with Crippen LogP contribution in [0.25, 0.3) is 0 Å². The van der Waals surface area contributed by atoms with E-state index in [9.17, 15) is 17.6 Å². The van der Waals surface area contributed by atoms with Crippen LogP contribution >= 0.6 is 0 Å². The number of aliphatic hydroxyl groups is 1. The van der Waals surface area contributed by atoms with Crippen LogP contribution in [-0.4, -0.2) is 25.3 Å². The molecule has 3 N–H and O–H groups in total. The molecule has 0 aromatic heterocycles. The van der Waals surface area contributed by atoms with E-state index in [4.69, 9.17) is 9.84 Å². The number of hydrogen-bond acceptors (Lipinski definition) is 4. The van der Waals surface area contributed by atoms with Crippen LogP contribution in [0.5, 0.6) is 5.75 Å². The average molecular weight is 372 g/mol. The van der Waals surface area contributed by atoms with Gasteiger partial charge in [0, 0.05) is 31.4 Å². The first kappa shape index (κ1) is 20.0. The van der Waals surface area contributed by atoms with E-state index in [0.29, 0.717) is 18.8 Å². The zero-order valence-corrected chi connectivity index (χ0v) is 14.2. The van der Waals surface area contributed by atoms with Gasteiger partial charge >= 0.3 is 6.18 Å². The Bertz CT molecular complexity index is 736. The number of aliphatic hydroxyl groups excluding tert-OH is 1. The van der Waals surface area contributed by atoms with Crippen molar-refractivity contribution in [3.8, 4) is 5.75 Å². The second kappa shape index (κ2) is 8.86. The van der Waals surface area contributed by atoms with Crippen LogP contribution in [0.4, 0.5) is 23.2 Å². The number of halogens is 4. The lowest BCUT2D eigenvalue weighted by molar-refractivity contribution is -0.140. The van der Waals surface area contributed by atoms with Gasteiger partial charge in [0.2, 0.25) is 0 Å². The Balaban J connectivity index is 2.16. The van der Waals surface area contributed by atoms with Gasteiger partial charge in [0.05, 0.1) is 12.2 Å². The molecular weight excluding hydrogens is 352 g/mol. The van der Waals surface area contributed by atoms with Crippen LogP contribution in [0.15, 0.2) is 36.4 Å². The molecule has 0 aliphatic carbocycles. The highest BCUT2D eigenvalue weighted by Gasteiger charge is 2.34. The van der Waals surface area contributed by atoms with E-state index in [2.05, 4.69) is 10.6 Å². The van der Waals surface area contributed by atoms with Crippen molar-refractivity contribution in [2.45, 2.75) is 19.3 Å². The van der Waals surface area contributed by atoms with Crippen LogP contribution in [0, 0.1) is 5.82 Å². The Labute approximate surface area is 148 Å². The number of ether oxygens (including phenoxy) is 1. The molecule has 2 rings (SSSR count). The number of alkyl halides is 3. The quantitative estimate of drug-likeness (QED) is 0.490. The Morgan fingerprint density at radius 1 is 1.12 bits per heavy atom. The first-order chi connectivity index (χ1) is 12.3. The molecular formula is C18H20F4N2O2. The summed E-state index contributed by atoms with van der Waals surface area (Å²) in [7, 11) is 1.76. The summed E-state index contributed by atoms with van der Waals surface area (Å²) in [4.78, 5) is 0. The highest BCUT2D eigenvalue weighted by atomic mass is 19.4. The maximum absolute atomic E-state index is 13.4. The molecule has 2 aromatic carbocycles. The summed E-state index contributed by atoms with van der Waals surface area (Å²) in [5.74, 6) is -0.819. The number of hydrogen-bond donors (Lipinski definition) is 3. The van der Waals surface area contributed by atoms with E-state index in [-0.39, 0.29) is 18.8 Å². The molecule has 2 aromatic rings. The maximum Gasteiger partial charge on any atom is 0.419 e. The maximum atomic E-state index is 13.4. The van der Waals surface area contributed by atoms with Crippen LogP contribution in [0.3, 0.4) is 0 Å². The van der Waals surface area contributed by atoms with Gasteiger partial charge in [-0.3, -0.25) is 0 Å². The van der Waals surface area contributed by atoms with Crippen molar-refractivity contribution in [3.05, 3.63) is 58.9 Å². The summed E-state index contributed by atoms with van der Waals surface area (Å²) in [6.45, 7) is 0.672. The Morgan fingerprint density at radius 3 is 2.54 bits per heavy atom. The lowest BCUT2D eigenvalue weighted by atomic mass is 10.1. The van der Waals surface area contributed by atoms with Gasteiger partial charge in [-0.15, -0.1) is 0 Å². The van der Waals surface area contributed by atoms with E-state index < -0.39 is 17.6 Å². The first-order valence-corrected chi connectivity index (χ1v) is 7.96. The number of benzene rings is 2. The Morgan fingerprint density at radius 2 is 1.88 bits per heavy atom. The summed E-state index contributed by atoms with van der Waals surface area (Å²) in [5.41, 5.74) is 0.530. The minimum Gasteiger partial charge on any atom is -0.489 e. The van der Waals surface area contributed by atoms with Crippen LogP contribution in [-0.2, 0) is 19.3 Å². The van der Waals surface area contributed by atoms with Gasteiger partial charge in [0.15, 0.2) is 0 Å². The van der Waals surface area contributed by atoms with E-state index in [1.54, 1.807) is 19.2 Å². The lowest BCUT2D eigenvalue weighted by Gasteiger charge is -2.15. The van der Waals surface area contributed by atoms with Crippen molar-refractivity contribution in [2.24, 2.45) is 0 Å². The second-order valence-electron chi connectivity index (χ2n) is 5.57. The Kier molecular flexibility index (Phi) is 6.82. The molecule has 0 aliphatic heterocycles. The monoisotopic (exact) mass is 372 g/mol. The standard InChI is InChI=1S/C18H20F4N2O2/c1-23-14-3-5-17(13(9-14)10-24-6-7-25)26-11-12-2-4-16(19)15(8-12)18(20,21)22/h2-5,8-9,23-25H,6-7,10-11H2,1H3. The number of rotatable bonds is 8. The molecule has 0 aliphatic rings. The van der Waals surface area contributed by atoms with Crippen molar-refractivity contribution < 1.29 is 27.4 Å². The molecule has 0 atom stereocenters. The second-order valence-corrected chi connectivity index (χ2v) is 5.57. The SMILES string of the molecule is CNc1ccc(OCc2ccc(F)c(C(F)(F)F)c2)c(CNCCO)c1. The van der Waals surface area contributed by atoms with Gasteiger partial charge < -0.3 is 20.5 Å². The fourth-order valence-corrected chi connectivity index (χ4v) is 2.36. The highest BCUT2D eigenvalue weighted by molar-refractivity contribution is 5.51. The van der Waals surface area contributed by atoms with Crippen molar-refractivity contribution >= 4 is 5.69 Å². The van der Waals surface area contributed by atoms with Crippen molar-refractivity contribution in [2.75, 3.05) is 25.5 Å². The van der Waals surface area contributed by atoms with Gasteiger partial charge in [0.25, 0.3) is 0 Å². The number of anilines is 1. The zero-order valence-electron chi connectivity index (χ0n) is 14.2. The third-order valence-electron chi connectivity index (χ3n) is 3.68. The van der Waals surface area contributed by atoms with E-state index in [1.807, 2.05) is 6.07 Å². The highest BCUT2D eigenvalue weighted by Crippen LogP contribution is 2.32. The van der Waals surface area contributed by atoms with Crippen LogP contribution in [0.1, 0.15) is 16.7 Å². The first-order valence-electron chi connectivity index (χ1n) is 7.96. The third-order valence-corrected chi connectivity index (χ3v) is 3.68. The molecule has 0 bridgehead atoms. The summed E-state index contributed by atoms with van der Waals surface area (Å²) >= 11 is 0. The van der Waals surface area contributed by atoms with Gasteiger partial charge in [-0.2, -0.15) is 13.2 Å². The molecule has 0 radical (unpaired) electrons. The average Bonchev–Trinajstić information content (AvgIpc) is 2.60. The van der Waals surface area contributed by atoms with Crippen molar-refractivity contribution in [1.82, 2.24) is 5.32 Å². The van der Waals surface area contributed by atoms with Gasteiger partial charge in [-0.05, 0) is 35.9 Å². The smallest absolute Gasteiger partial charge is 0.419 e. The van der Waals surface area contributed by atoms with Crippen LogP contribution < -0.4 is 15.4 Å². The van der Waals surface area contributed by atoms with Gasteiger partial charge in [0.1, 0.15) is 18.2 Å². The van der Waals surface area contributed by atoms with E-state index >= 15 is 0 Å². The largest absolute Gasteiger partial charge is 0.489 e. The molecule has 4 nitrogen and oxygen atoms in total. The van der Waals surface area contributed by atoms with Crippen LogP contribution in [0.2, 0.25) is 0 Å². The summed E-state index contributed by atoms with van der Waals surface area (Å²) < 4.78 is 57.4. The molecule has 142 valence electrons. The minimum atomic E-state index is -4.76. The van der Waals surface area contributed by atoms with Gasteiger partial charge in [-0.25, -0.2) is 4.39 Å². The molecule has 0 amide bonds. The molecule has 26 heavy (non-hydrogen) atoms. The molecule has 0 heterocycles. The summed E-state index contributed by atoms with van der Waals surface area (Å²) in [6.07, 6.45) is -4.76. The summed E-state index contributed by atoms with van der Waals surface area (Å²) in [5, 5.41) is 14.9. The van der Waals surface area contributed by atoms with Crippen molar-refractivity contribution in [1.29, 1.82) is 0 Å². The normalized spacial score (nSPS) is 11.5. The van der Waals surface area contributed by atoms with Gasteiger partial charge in [-0.1, -0.05) is 6.07 Å². The zero-order chi connectivity index (χ0) is 19.2. The molecule has 0 unspecified atom stereocenters. The molecule has 0 spiro atoms. The molecule has 8 heteroatoms. The predicted octanol–water partition coefficient (Wildman–Crippen LogP) is 3.55. The minimum absolute atomic E-state index is 0.0162. The fourth-order valence-electron chi connectivity index (χ4n) is 2.36. The summed E-state index contributed by atoms with van der Waals surface area (Å²) in [6, 6.07) is 8.12. The molecule has 0 saturated heterocycles. The number of nitrogens with one attached hydrogen (secondary N) is 2.